The van der Waals surface area contributed by atoms with Crippen molar-refractivity contribution in [1.82, 2.24) is 19.5 Å². The third kappa shape index (κ3) is 2.30. The van der Waals surface area contributed by atoms with Crippen molar-refractivity contribution in [2.45, 2.75) is 31.2 Å². The summed E-state index contributed by atoms with van der Waals surface area (Å²) in [4.78, 5) is 8.92. The van der Waals surface area contributed by atoms with E-state index in [1.54, 1.807) is 0 Å². The number of rotatable bonds is 2. The molecule has 0 atom stereocenters. The van der Waals surface area contributed by atoms with Crippen LogP contribution in [-0.2, 0) is 5.54 Å². The predicted octanol–water partition coefficient (Wildman–Crippen LogP) is 2.53. The highest BCUT2D eigenvalue weighted by Gasteiger charge is 2.36. The molecule has 1 saturated carbocycles. The maximum atomic E-state index is 6.34. The zero-order chi connectivity index (χ0) is 13.6. The van der Waals surface area contributed by atoms with Crippen LogP contribution in [0.3, 0.4) is 0 Å². The van der Waals surface area contributed by atoms with E-state index in [9.17, 15) is 0 Å². The monoisotopic (exact) mass is 305 g/mol. The van der Waals surface area contributed by atoms with Gasteiger partial charge in [0.15, 0.2) is 5.82 Å². The SMILES string of the molecule is Cl.NC1(c2noc(-c3cn4ccccc4n3)n2)CCCC1. The summed E-state index contributed by atoms with van der Waals surface area (Å²) in [7, 11) is 0. The van der Waals surface area contributed by atoms with Crippen LogP contribution in [0.5, 0.6) is 0 Å². The largest absolute Gasteiger partial charge is 0.332 e. The standard InChI is InChI=1S/C14H15N5O.ClH/c15-14(6-2-3-7-14)13-17-12(20-18-13)10-9-19-8-4-1-5-11(19)16-10;/h1,4-5,8-9H,2-3,6-7,15H2;1H. The van der Waals surface area contributed by atoms with Crippen molar-refractivity contribution in [2.24, 2.45) is 5.73 Å². The third-order valence-corrected chi connectivity index (χ3v) is 3.95. The van der Waals surface area contributed by atoms with Gasteiger partial charge in [-0.15, -0.1) is 12.4 Å². The number of aromatic nitrogens is 4. The molecule has 3 aromatic heterocycles. The Kier molecular flexibility index (Phi) is 3.43. The fourth-order valence-corrected chi connectivity index (χ4v) is 2.80. The number of fused-ring (bicyclic) bond motifs is 1. The lowest BCUT2D eigenvalue weighted by Crippen LogP contribution is -2.34. The lowest BCUT2D eigenvalue weighted by Gasteiger charge is -2.17. The van der Waals surface area contributed by atoms with E-state index in [1.807, 2.05) is 35.0 Å². The molecule has 0 saturated heterocycles. The van der Waals surface area contributed by atoms with Gasteiger partial charge in [-0.05, 0) is 25.0 Å². The van der Waals surface area contributed by atoms with Crippen LogP contribution in [0.15, 0.2) is 35.1 Å². The molecule has 4 rings (SSSR count). The molecular formula is C14H16ClN5O. The Morgan fingerprint density at radius 3 is 2.76 bits per heavy atom. The van der Waals surface area contributed by atoms with Gasteiger partial charge < -0.3 is 14.7 Å². The van der Waals surface area contributed by atoms with Gasteiger partial charge in [0.05, 0.1) is 5.54 Å². The Bertz CT molecular complexity index is 726. The molecule has 21 heavy (non-hydrogen) atoms. The van der Waals surface area contributed by atoms with Crippen LogP contribution < -0.4 is 5.73 Å². The van der Waals surface area contributed by atoms with E-state index in [0.29, 0.717) is 17.4 Å². The lowest BCUT2D eigenvalue weighted by atomic mass is 9.99. The van der Waals surface area contributed by atoms with Crippen LogP contribution in [0.1, 0.15) is 31.5 Å². The van der Waals surface area contributed by atoms with Crippen molar-refractivity contribution in [3.63, 3.8) is 0 Å². The van der Waals surface area contributed by atoms with E-state index in [0.717, 1.165) is 31.3 Å². The first-order valence-electron chi connectivity index (χ1n) is 6.82. The average molecular weight is 306 g/mol. The van der Waals surface area contributed by atoms with Crippen molar-refractivity contribution in [3.05, 3.63) is 36.4 Å². The summed E-state index contributed by atoms with van der Waals surface area (Å²) in [5.41, 5.74) is 7.44. The van der Waals surface area contributed by atoms with Gasteiger partial charge in [-0.3, -0.25) is 0 Å². The second kappa shape index (κ2) is 5.13. The molecule has 6 nitrogen and oxygen atoms in total. The Labute approximate surface area is 127 Å². The van der Waals surface area contributed by atoms with Crippen LogP contribution in [0.2, 0.25) is 0 Å². The first-order chi connectivity index (χ1) is 9.74. The summed E-state index contributed by atoms with van der Waals surface area (Å²) >= 11 is 0. The zero-order valence-corrected chi connectivity index (χ0v) is 12.2. The van der Waals surface area contributed by atoms with Crippen molar-refractivity contribution >= 4 is 18.1 Å². The lowest BCUT2D eigenvalue weighted by molar-refractivity contribution is 0.372. The van der Waals surface area contributed by atoms with E-state index in [4.69, 9.17) is 10.3 Å². The minimum absolute atomic E-state index is 0. The van der Waals surface area contributed by atoms with Gasteiger partial charge in [0, 0.05) is 12.4 Å². The number of nitrogens with zero attached hydrogens (tertiary/aromatic N) is 4. The van der Waals surface area contributed by atoms with Gasteiger partial charge in [0.2, 0.25) is 0 Å². The molecule has 0 unspecified atom stereocenters. The molecule has 1 fully saturated rings. The highest BCUT2D eigenvalue weighted by atomic mass is 35.5. The fraction of sp³-hybridized carbons (Fsp3) is 0.357. The molecule has 3 aromatic rings. The summed E-state index contributed by atoms with van der Waals surface area (Å²) in [6.45, 7) is 0. The molecule has 0 aromatic carbocycles. The predicted molar refractivity (Wildman–Crippen MR) is 80.1 cm³/mol. The van der Waals surface area contributed by atoms with E-state index in [-0.39, 0.29) is 12.4 Å². The number of nitrogens with two attached hydrogens (primary N) is 1. The van der Waals surface area contributed by atoms with E-state index in [2.05, 4.69) is 15.1 Å². The Morgan fingerprint density at radius 1 is 1.19 bits per heavy atom. The minimum atomic E-state index is -0.430. The van der Waals surface area contributed by atoms with Crippen molar-refractivity contribution < 1.29 is 4.52 Å². The molecule has 1 aliphatic rings. The summed E-state index contributed by atoms with van der Waals surface area (Å²) in [5.74, 6) is 1.03. The molecule has 0 spiro atoms. The second-order valence-electron chi connectivity index (χ2n) is 5.38. The minimum Gasteiger partial charge on any atom is -0.332 e. The van der Waals surface area contributed by atoms with Gasteiger partial charge >= 0.3 is 0 Å². The van der Waals surface area contributed by atoms with Gasteiger partial charge in [0.25, 0.3) is 5.89 Å². The molecule has 0 aliphatic heterocycles. The maximum Gasteiger partial charge on any atom is 0.278 e. The number of halogens is 1. The van der Waals surface area contributed by atoms with Gasteiger partial charge in [-0.1, -0.05) is 24.1 Å². The van der Waals surface area contributed by atoms with E-state index >= 15 is 0 Å². The summed E-state index contributed by atoms with van der Waals surface area (Å²) in [6, 6.07) is 5.83. The number of pyridine rings is 1. The molecule has 2 N–H and O–H groups in total. The van der Waals surface area contributed by atoms with Crippen LogP contribution in [0.4, 0.5) is 0 Å². The second-order valence-corrected chi connectivity index (χ2v) is 5.38. The average Bonchev–Trinajstić information content (AvgIpc) is 3.17. The molecule has 0 amide bonds. The summed E-state index contributed by atoms with van der Waals surface area (Å²) in [6.07, 6.45) is 7.88. The maximum absolute atomic E-state index is 6.34. The number of hydrogen-bond donors (Lipinski definition) is 1. The molecule has 110 valence electrons. The Balaban J connectivity index is 0.00000132. The van der Waals surface area contributed by atoms with Gasteiger partial charge in [0.1, 0.15) is 11.3 Å². The summed E-state index contributed by atoms with van der Waals surface area (Å²) in [5, 5.41) is 4.06. The van der Waals surface area contributed by atoms with Crippen LogP contribution in [-0.4, -0.2) is 19.5 Å². The fourth-order valence-electron chi connectivity index (χ4n) is 2.80. The van der Waals surface area contributed by atoms with Crippen LogP contribution in [0, 0.1) is 0 Å². The molecule has 0 radical (unpaired) electrons. The first kappa shape index (κ1) is 14.0. The Morgan fingerprint density at radius 2 is 2.00 bits per heavy atom. The summed E-state index contributed by atoms with van der Waals surface area (Å²) < 4.78 is 7.26. The quantitative estimate of drug-likeness (QED) is 0.786. The van der Waals surface area contributed by atoms with Gasteiger partial charge in [-0.25, -0.2) is 4.98 Å². The zero-order valence-electron chi connectivity index (χ0n) is 11.4. The molecule has 3 heterocycles. The normalized spacial score (nSPS) is 17.0. The molecular weight excluding hydrogens is 290 g/mol. The third-order valence-electron chi connectivity index (χ3n) is 3.95. The van der Waals surface area contributed by atoms with Crippen molar-refractivity contribution in [1.29, 1.82) is 0 Å². The molecule has 0 bridgehead atoms. The van der Waals surface area contributed by atoms with E-state index < -0.39 is 5.54 Å². The number of hydrogen-bond acceptors (Lipinski definition) is 5. The van der Waals surface area contributed by atoms with E-state index in [1.165, 1.54) is 0 Å². The van der Waals surface area contributed by atoms with Crippen LogP contribution in [0.25, 0.3) is 17.2 Å². The topological polar surface area (TPSA) is 82.2 Å². The first-order valence-corrected chi connectivity index (χ1v) is 6.82. The number of imidazole rings is 1. The van der Waals surface area contributed by atoms with Crippen molar-refractivity contribution in [3.8, 4) is 11.6 Å². The smallest absolute Gasteiger partial charge is 0.278 e. The van der Waals surface area contributed by atoms with Crippen LogP contribution >= 0.6 is 12.4 Å². The van der Waals surface area contributed by atoms with Crippen molar-refractivity contribution in [2.75, 3.05) is 0 Å². The highest BCUT2D eigenvalue weighted by molar-refractivity contribution is 5.85. The molecule has 1 aliphatic carbocycles. The van der Waals surface area contributed by atoms with Gasteiger partial charge in [-0.2, -0.15) is 4.98 Å². The Hall–Kier alpha value is -1.92. The molecule has 7 heteroatoms. The highest BCUT2D eigenvalue weighted by Crippen LogP contribution is 2.35.